The minimum atomic E-state index is -0.842. The summed E-state index contributed by atoms with van der Waals surface area (Å²) < 4.78 is 5.31. The van der Waals surface area contributed by atoms with Crippen LogP contribution in [0.5, 0.6) is 5.75 Å². The van der Waals surface area contributed by atoms with E-state index in [-0.39, 0.29) is 24.9 Å². The molecule has 2 fully saturated rings. The molecule has 2 N–H and O–H groups in total. The molecule has 0 radical (unpaired) electrons. The van der Waals surface area contributed by atoms with Gasteiger partial charge in [-0.05, 0) is 24.5 Å². The number of carbonyl (C=O) groups is 3. The van der Waals surface area contributed by atoms with Gasteiger partial charge in [0.05, 0.1) is 20.1 Å². The van der Waals surface area contributed by atoms with E-state index in [2.05, 4.69) is 27.7 Å². The molecule has 0 unspecified atom stereocenters. The second-order valence-electron chi connectivity index (χ2n) is 8.55. The first kappa shape index (κ1) is 22.8. The van der Waals surface area contributed by atoms with Crippen molar-refractivity contribution >= 4 is 17.8 Å². The number of hydrogen-bond acceptors (Lipinski definition) is 5. The summed E-state index contributed by atoms with van der Waals surface area (Å²) in [6.07, 6.45) is 1.67. The van der Waals surface area contributed by atoms with E-state index in [1.807, 2.05) is 36.4 Å². The number of methoxy groups -OCH3 is 1. The third-order valence-corrected chi connectivity index (χ3v) is 6.22. The van der Waals surface area contributed by atoms with Crippen LogP contribution in [-0.2, 0) is 22.7 Å². The molecule has 4 amide bonds. The topological polar surface area (TPSA) is 91.0 Å². The fourth-order valence-corrected chi connectivity index (χ4v) is 4.42. The summed E-state index contributed by atoms with van der Waals surface area (Å²) in [5.41, 5.74) is 2.02. The van der Waals surface area contributed by atoms with E-state index in [0.29, 0.717) is 5.75 Å². The molecule has 2 saturated heterocycles. The van der Waals surface area contributed by atoms with Gasteiger partial charge in [0.1, 0.15) is 11.8 Å². The van der Waals surface area contributed by atoms with Gasteiger partial charge in [-0.2, -0.15) is 0 Å². The number of urea groups is 1. The van der Waals surface area contributed by atoms with Crippen LogP contribution >= 0.6 is 0 Å². The highest BCUT2D eigenvalue weighted by Gasteiger charge is 2.39. The van der Waals surface area contributed by atoms with Crippen LogP contribution in [0.4, 0.5) is 4.79 Å². The normalized spacial score (nSPS) is 19.4. The van der Waals surface area contributed by atoms with Crippen molar-refractivity contribution in [3.63, 3.8) is 0 Å². The van der Waals surface area contributed by atoms with E-state index < -0.39 is 18.0 Å². The highest BCUT2D eigenvalue weighted by atomic mass is 16.5. The molecule has 2 aromatic rings. The Morgan fingerprint density at radius 3 is 2.45 bits per heavy atom. The molecule has 8 nitrogen and oxygen atoms in total. The summed E-state index contributed by atoms with van der Waals surface area (Å²) in [4.78, 5) is 41.3. The minimum Gasteiger partial charge on any atom is -0.496 e. The minimum absolute atomic E-state index is 0.0583. The lowest BCUT2D eigenvalue weighted by Crippen LogP contribution is -2.46. The number of hydrogen-bond donors (Lipinski definition) is 2. The lowest BCUT2D eigenvalue weighted by molar-refractivity contribution is -0.131. The van der Waals surface area contributed by atoms with Gasteiger partial charge in [0, 0.05) is 31.2 Å². The number of benzene rings is 2. The van der Waals surface area contributed by atoms with E-state index in [4.69, 9.17) is 4.74 Å². The van der Waals surface area contributed by atoms with Gasteiger partial charge in [-0.15, -0.1) is 0 Å². The fourth-order valence-electron chi connectivity index (χ4n) is 4.42. The van der Waals surface area contributed by atoms with Crippen molar-refractivity contribution in [2.75, 3.05) is 20.2 Å². The van der Waals surface area contributed by atoms with Crippen molar-refractivity contribution < 1.29 is 19.1 Å². The SMILES string of the molecule is COc1ccccc1CN1C(=O)N[C@@H](CC(=O)NC2CCN(Cc3ccccc3)CC2)C1=O. The maximum atomic E-state index is 12.8. The van der Waals surface area contributed by atoms with Gasteiger partial charge >= 0.3 is 6.03 Å². The molecular weight excluding hydrogens is 420 g/mol. The Labute approximate surface area is 193 Å². The van der Waals surface area contributed by atoms with Gasteiger partial charge in [-0.25, -0.2) is 4.79 Å². The molecule has 2 aliphatic heterocycles. The second-order valence-corrected chi connectivity index (χ2v) is 8.55. The number of rotatable bonds is 8. The molecule has 0 spiro atoms. The Balaban J connectivity index is 1.24. The van der Waals surface area contributed by atoms with Crippen molar-refractivity contribution in [1.29, 1.82) is 0 Å². The number of amides is 4. The first-order valence-corrected chi connectivity index (χ1v) is 11.3. The van der Waals surface area contributed by atoms with E-state index >= 15 is 0 Å². The molecule has 0 aliphatic carbocycles. The van der Waals surface area contributed by atoms with Crippen LogP contribution in [0, 0.1) is 0 Å². The predicted octanol–water partition coefficient (Wildman–Crippen LogP) is 2.29. The zero-order valence-corrected chi connectivity index (χ0v) is 18.8. The van der Waals surface area contributed by atoms with Crippen LogP contribution in [0.2, 0.25) is 0 Å². The average Bonchev–Trinajstić information content (AvgIpc) is 3.08. The van der Waals surface area contributed by atoms with Gasteiger partial charge in [-0.1, -0.05) is 48.5 Å². The maximum absolute atomic E-state index is 12.8. The maximum Gasteiger partial charge on any atom is 0.325 e. The van der Waals surface area contributed by atoms with E-state index in [9.17, 15) is 14.4 Å². The van der Waals surface area contributed by atoms with Crippen LogP contribution in [-0.4, -0.2) is 59.9 Å². The lowest BCUT2D eigenvalue weighted by Gasteiger charge is -2.32. The van der Waals surface area contributed by atoms with Crippen LogP contribution < -0.4 is 15.4 Å². The zero-order valence-electron chi connectivity index (χ0n) is 18.8. The molecule has 2 aromatic carbocycles. The van der Waals surface area contributed by atoms with E-state index in [1.165, 1.54) is 5.56 Å². The third kappa shape index (κ3) is 5.70. The Hall–Kier alpha value is -3.39. The molecule has 0 aromatic heterocycles. The lowest BCUT2D eigenvalue weighted by atomic mass is 10.0. The predicted molar refractivity (Wildman–Crippen MR) is 123 cm³/mol. The summed E-state index contributed by atoms with van der Waals surface area (Å²) in [5, 5.41) is 5.68. The average molecular weight is 451 g/mol. The van der Waals surface area contributed by atoms with E-state index in [1.54, 1.807) is 13.2 Å². The number of piperidine rings is 1. The Morgan fingerprint density at radius 2 is 1.73 bits per heavy atom. The molecular formula is C25H30N4O4. The summed E-state index contributed by atoms with van der Waals surface area (Å²) in [6, 6.07) is 16.3. The highest BCUT2D eigenvalue weighted by Crippen LogP contribution is 2.22. The molecule has 33 heavy (non-hydrogen) atoms. The molecule has 174 valence electrons. The van der Waals surface area contributed by atoms with Crippen LogP contribution in [0.3, 0.4) is 0 Å². The number of likely N-dealkylation sites (tertiary alicyclic amines) is 1. The Bertz CT molecular complexity index is 989. The Kier molecular flexibility index (Phi) is 7.24. The van der Waals surface area contributed by atoms with Crippen molar-refractivity contribution in [3.8, 4) is 5.75 Å². The fraction of sp³-hybridized carbons (Fsp3) is 0.400. The monoisotopic (exact) mass is 450 g/mol. The van der Waals surface area contributed by atoms with Gasteiger partial charge in [-0.3, -0.25) is 19.4 Å². The van der Waals surface area contributed by atoms with Crippen molar-refractivity contribution in [1.82, 2.24) is 20.4 Å². The largest absolute Gasteiger partial charge is 0.496 e. The van der Waals surface area contributed by atoms with Gasteiger partial charge in [0.15, 0.2) is 0 Å². The summed E-state index contributed by atoms with van der Waals surface area (Å²) >= 11 is 0. The molecule has 0 saturated carbocycles. The van der Waals surface area contributed by atoms with Crippen LogP contribution in [0.25, 0.3) is 0 Å². The second kappa shape index (κ2) is 10.5. The molecule has 0 bridgehead atoms. The first-order valence-electron chi connectivity index (χ1n) is 11.3. The number of imide groups is 1. The summed E-state index contributed by atoms with van der Waals surface area (Å²) in [5.74, 6) is 0.00550. The summed E-state index contributed by atoms with van der Waals surface area (Å²) in [6.45, 7) is 2.83. The quantitative estimate of drug-likeness (QED) is 0.603. The zero-order chi connectivity index (χ0) is 23.2. The number of ether oxygens (including phenoxy) is 1. The first-order chi connectivity index (χ1) is 16.0. The number of carbonyl (C=O) groups excluding carboxylic acids is 3. The smallest absolute Gasteiger partial charge is 0.325 e. The Morgan fingerprint density at radius 1 is 1.03 bits per heavy atom. The number of para-hydroxylation sites is 1. The van der Waals surface area contributed by atoms with Crippen molar-refractivity contribution in [2.45, 2.75) is 44.4 Å². The van der Waals surface area contributed by atoms with Crippen molar-refractivity contribution in [3.05, 3.63) is 65.7 Å². The number of nitrogens with one attached hydrogen (secondary N) is 2. The third-order valence-electron chi connectivity index (χ3n) is 6.22. The van der Waals surface area contributed by atoms with Gasteiger partial charge in [0.2, 0.25) is 5.91 Å². The molecule has 4 rings (SSSR count). The standard InChI is InChI=1S/C25H30N4O4/c1-33-22-10-6-5-9-19(22)17-29-24(31)21(27-25(29)32)15-23(30)26-20-11-13-28(14-12-20)16-18-7-3-2-4-8-18/h2-10,20-21H,11-17H2,1H3,(H,26,30)(H,27,32)/t21-/m0/s1. The molecule has 1 atom stereocenters. The van der Waals surface area contributed by atoms with Crippen LogP contribution in [0.15, 0.2) is 54.6 Å². The number of nitrogens with zero attached hydrogens (tertiary/aromatic N) is 2. The van der Waals surface area contributed by atoms with Crippen molar-refractivity contribution in [2.24, 2.45) is 0 Å². The van der Waals surface area contributed by atoms with Gasteiger partial charge < -0.3 is 15.4 Å². The summed E-state index contributed by atoms with van der Waals surface area (Å²) in [7, 11) is 1.55. The highest BCUT2D eigenvalue weighted by molar-refractivity contribution is 6.05. The molecule has 8 heteroatoms. The molecule has 2 heterocycles. The van der Waals surface area contributed by atoms with E-state index in [0.717, 1.165) is 42.9 Å². The van der Waals surface area contributed by atoms with Crippen LogP contribution in [0.1, 0.15) is 30.4 Å². The molecule has 2 aliphatic rings. The van der Waals surface area contributed by atoms with Gasteiger partial charge in [0.25, 0.3) is 5.91 Å².